The number of unbranched alkanes of at least 4 members (excludes halogenated alkanes) is 2. The van der Waals surface area contributed by atoms with Gasteiger partial charge in [0.1, 0.15) is 6.61 Å². The first kappa shape index (κ1) is 59.0. The van der Waals surface area contributed by atoms with Crippen LogP contribution in [0.2, 0.25) is 0 Å². The summed E-state index contributed by atoms with van der Waals surface area (Å²) in [4.78, 5) is 53.6. The third-order valence-electron chi connectivity index (χ3n) is 15.2. The van der Waals surface area contributed by atoms with Crippen LogP contribution in [0.1, 0.15) is 82.3 Å². The Morgan fingerprint density at radius 3 is 1.39 bits per heavy atom. The number of carboxylic acid groups (broad SMARTS) is 1. The molecule has 0 bridgehead atoms. The Morgan fingerprint density at radius 1 is 0.584 bits per heavy atom. The van der Waals surface area contributed by atoms with Crippen LogP contribution in [0.4, 0.5) is 0 Å². The number of carbonyl (C=O) groups excluding carboxylic acids is 3. The van der Waals surface area contributed by atoms with Gasteiger partial charge >= 0.3 is 11.9 Å². The van der Waals surface area contributed by atoms with E-state index in [0.29, 0.717) is 71.7 Å². The number of ether oxygens (including phenoxy) is 5. The molecule has 2 saturated heterocycles. The molecule has 2 aliphatic carbocycles. The van der Waals surface area contributed by atoms with E-state index in [1.54, 1.807) is 6.92 Å². The van der Waals surface area contributed by atoms with E-state index in [9.17, 15) is 29.4 Å². The van der Waals surface area contributed by atoms with E-state index in [4.69, 9.17) is 28.8 Å². The van der Waals surface area contributed by atoms with Crippen LogP contribution in [0.5, 0.6) is 0 Å². The normalized spacial score (nSPS) is 22.4. The van der Waals surface area contributed by atoms with Crippen LogP contribution in [0.15, 0.2) is 133 Å². The fraction of sp³-hybridized carbons (Fsp3) is 0.492. The molecule has 4 aromatic rings. The highest BCUT2D eigenvalue weighted by Gasteiger charge is 2.47. The smallest absolute Gasteiger partial charge is 0.305 e. The van der Waals surface area contributed by atoms with Crippen molar-refractivity contribution in [3.63, 3.8) is 0 Å². The second-order valence-electron chi connectivity index (χ2n) is 21.1. The molecule has 14 nitrogen and oxygen atoms in total. The summed E-state index contributed by atoms with van der Waals surface area (Å²) in [5, 5.41) is 27.5. The number of carbonyl (C=O) groups is 4. The van der Waals surface area contributed by atoms with Gasteiger partial charge in [-0.05, 0) is 71.9 Å². The largest absolute Gasteiger partial charge is 0.481 e. The molecule has 414 valence electrons. The molecule has 4 fully saturated rings. The van der Waals surface area contributed by atoms with Gasteiger partial charge in [-0.2, -0.15) is 0 Å². The Labute approximate surface area is 455 Å². The zero-order chi connectivity index (χ0) is 54.2. The number of morpholine rings is 2. The fourth-order valence-electron chi connectivity index (χ4n) is 10.6. The lowest BCUT2D eigenvalue weighted by Crippen LogP contribution is -2.49. The predicted molar refractivity (Wildman–Crippen MR) is 296 cm³/mol. The molecule has 2 heterocycles. The lowest BCUT2D eigenvalue weighted by atomic mass is 9.94. The number of aliphatic hydroxyl groups is 2. The number of hydrogen-bond acceptors (Lipinski definition) is 13. The molecule has 8 rings (SSSR count). The second kappa shape index (κ2) is 31.0. The van der Waals surface area contributed by atoms with Gasteiger partial charge in [-0.3, -0.25) is 29.0 Å². The zero-order valence-corrected chi connectivity index (χ0v) is 44.8. The van der Waals surface area contributed by atoms with Crippen molar-refractivity contribution in [1.82, 2.24) is 9.80 Å². The maximum atomic E-state index is 13.2. The van der Waals surface area contributed by atoms with E-state index in [2.05, 4.69) is 101 Å². The van der Waals surface area contributed by atoms with Crippen molar-refractivity contribution in [2.75, 3.05) is 72.4 Å². The van der Waals surface area contributed by atoms with Crippen molar-refractivity contribution in [2.24, 2.45) is 17.3 Å². The van der Waals surface area contributed by atoms with Crippen molar-refractivity contribution in [3.05, 3.63) is 145 Å². The fourth-order valence-corrected chi connectivity index (χ4v) is 10.6. The van der Waals surface area contributed by atoms with Crippen LogP contribution in [0, 0.1) is 17.3 Å². The highest BCUT2D eigenvalue weighted by Crippen LogP contribution is 2.36. The number of carboxylic acids is 1. The SMILES string of the molecule is CC(CO)(CO)COC(=O)CCC/C=C\C[C@H]1C(OCc2ccc(-c3ccccc3)cc2)CC(=O)C1N1CCOCC1.O=C(O)CCC/C=C\C[C@H]1C(OCc2ccc(-c3ccccc3)cc2)CC(=O)C1N1CCOCC1. The van der Waals surface area contributed by atoms with Crippen LogP contribution >= 0.6 is 0 Å². The molecule has 3 N–H and O–H groups in total. The summed E-state index contributed by atoms with van der Waals surface area (Å²) >= 11 is 0. The number of rotatable bonds is 26. The van der Waals surface area contributed by atoms with Crippen molar-refractivity contribution in [1.29, 1.82) is 0 Å². The average Bonchev–Trinajstić information content (AvgIpc) is 3.98. The molecule has 0 aromatic heterocycles. The van der Waals surface area contributed by atoms with Gasteiger partial charge in [0, 0.05) is 69.1 Å². The maximum Gasteiger partial charge on any atom is 0.305 e. The van der Waals surface area contributed by atoms with E-state index in [-0.39, 0.29) is 86.3 Å². The Bertz CT molecular complexity index is 2470. The van der Waals surface area contributed by atoms with E-state index in [1.807, 2.05) is 42.5 Å². The molecule has 4 unspecified atom stereocenters. The molecule has 0 amide bonds. The Balaban J connectivity index is 0.000000227. The summed E-state index contributed by atoms with van der Waals surface area (Å²) < 4.78 is 29.0. The summed E-state index contributed by atoms with van der Waals surface area (Å²) in [6.07, 6.45) is 13.5. The summed E-state index contributed by atoms with van der Waals surface area (Å²) in [5.41, 5.74) is 6.04. The summed E-state index contributed by atoms with van der Waals surface area (Å²) in [6.45, 7) is 7.70. The van der Waals surface area contributed by atoms with Gasteiger partial charge < -0.3 is 39.0 Å². The van der Waals surface area contributed by atoms with Gasteiger partial charge in [-0.25, -0.2) is 0 Å². The minimum atomic E-state index is -0.824. The van der Waals surface area contributed by atoms with Crippen molar-refractivity contribution in [3.8, 4) is 22.3 Å². The Kier molecular flexibility index (Phi) is 23.8. The third-order valence-corrected chi connectivity index (χ3v) is 15.2. The average molecular weight is 1060 g/mol. The molecule has 4 aromatic carbocycles. The van der Waals surface area contributed by atoms with E-state index in [1.165, 1.54) is 16.7 Å². The van der Waals surface area contributed by atoms with Crippen LogP contribution in [0.3, 0.4) is 0 Å². The first-order chi connectivity index (χ1) is 37.5. The van der Waals surface area contributed by atoms with E-state index in [0.717, 1.165) is 62.1 Å². The van der Waals surface area contributed by atoms with Gasteiger partial charge in [-0.1, -0.05) is 140 Å². The third kappa shape index (κ3) is 18.2. The van der Waals surface area contributed by atoms with Gasteiger partial charge in [-0.15, -0.1) is 0 Å². The predicted octanol–water partition coefficient (Wildman–Crippen LogP) is 8.91. The summed E-state index contributed by atoms with van der Waals surface area (Å²) in [6, 6.07) is 37.0. The number of ketones is 2. The lowest BCUT2D eigenvalue weighted by Gasteiger charge is -2.35. The standard InChI is InChI=1S/C34H45NO7.C29H35NO5/c1-34(23-36,24-37)25-42-32(39)12-8-3-2-7-11-29-31(21-30(38)33(29)35-17-19-40-20-18-35)41-22-26-13-15-28(16-14-26)27-9-5-4-6-10-27;31-26-20-27(35-21-22-12-14-24(15-13-22)23-8-4-3-5-9-23)25(10-6-1-2-7-11-28(32)33)29(26)30-16-18-34-19-17-30/h2,4-7,9-10,13-16,29,31,33,36-37H,3,8,11-12,17-25H2,1H3;1,3-6,8-9,12-15,25,27,29H,2,7,10-11,16-21H2,(H,32,33)/b7-2-;6-1-/t29-,31?,33?;25-,27?,29?/m00/s1. The van der Waals surface area contributed by atoms with E-state index < -0.39 is 11.4 Å². The van der Waals surface area contributed by atoms with Gasteiger partial charge in [0.2, 0.25) is 0 Å². The van der Waals surface area contributed by atoms with Crippen LogP contribution in [-0.2, 0) is 56.1 Å². The summed E-state index contributed by atoms with van der Waals surface area (Å²) in [7, 11) is 0. The number of aliphatic hydroxyl groups excluding tert-OH is 2. The van der Waals surface area contributed by atoms with Gasteiger partial charge in [0.15, 0.2) is 11.6 Å². The number of allylic oxidation sites excluding steroid dienone is 4. The molecule has 2 saturated carbocycles. The number of nitrogens with zero attached hydrogens (tertiary/aromatic N) is 2. The minimum Gasteiger partial charge on any atom is -0.481 e. The van der Waals surface area contributed by atoms with Crippen molar-refractivity contribution in [2.45, 2.75) is 109 Å². The van der Waals surface area contributed by atoms with Crippen LogP contribution < -0.4 is 0 Å². The number of Topliss-reactive ketones (excluding diaryl/α,β-unsaturated/α-hetero) is 2. The molecule has 14 heteroatoms. The topological polar surface area (TPSA) is 182 Å². The molecule has 6 atom stereocenters. The molecular weight excluding hydrogens is 977 g/mol. The highest BCUT2D eigenvalue weighted by atomic mass is 16.5. The number of benzene rings is 4. The molecular formula is C63H80N2O12. The quantitative estimate of drug-likeness (QED) is 0.0308. The first-order valence-electron chi connectivity index (χ1n) is 27.6. The Morgan fingerprint density at radius 2 is 0.987 bits per heavy atom. The molecule has 2 aliphatic heterocycles. The monoisotopic (exact) mass is 1060 g/mol. The molecule has 0 spiro atoms. The van der Waals surface area contributed by atoms with Crippen molar-refractivity contribution < 1.29 is 58.2 Å². The van der Waals surface area contributed by atoms with Crippen molar-refractivity contribution >= 4 is 23.5 Å². The van der Waals surface area contributed by atoms with E-state index >= 15 is 0 Å². The minimum absolute atomic E-state index is 0.00807. The number of hydrogen-bond donors (Lipinski definition) is 3. The van der Waals surface area contributed by atoms with Gasteiger partial charge in [0.25, 0.3) is 0 Å². The highest BCUT2D eigenvalue weighted by molar-refractivity contribution is 5.88. The zero-order valence-electron chi connectivity index (χ0n) is 44.8. The Hall–Kier alpha value is -5.68. The lowest BCUT2D eigenvalue weighted by molar-refractivity contribution is -0.149. The summed E-state index contributed by atoms with van der Waals surface area (Å²) in [5.74, 6) is -0.483. The second-order valence-corrected chi connectivity index (χ2v) is 21.1. The van der Waals surface area contributed by atoms with Gasteiger partial charge in [0.05, 0.1) is 77.1 Å². The molecule has 4 aliphatic rings. The molecule has 77 heavy (non-hydrogen) atoms. The number of esters is 1. The van der Waals surface area contributed by atoms with Crippen LogP contribution in [-0.4, -0.2) is 145 Å². The first-order valence-corrected chi connectivity index (χ1v) is 27.6. The number of aliphatic carboxylic acids is 1. The van der Waals surface area contributed by atoms with Crippen LogP contribution in [0.25, 0.3) is 22.3 Å². The maximum absolute atomic E-state index is 13.2. The molecule has 0 radical (unpaired) electrons.